The fourth-order valence-electron chi connectivity index (χ4n) is 1.10. The summed E-state index contributed by atoms with van der Waals surface area (Å²) in [5, 5.41) is 0. The first-order valence-corrected chi connectivity index (χ1v) is 9.81. The van der Waals surface area contributed by atoms with E-state index in [-0.39, 0.29) is 0 Å². The summed E-state index contributed by atoms with van der Waals surface area (Å²) in [6, 6.07) is 10.5. The van der Waals surface area contributed by atoms with Crippen molar-refractivity contribution in [2.75, 3.05) is 5.88 Å². The van der Waals surface area contributed by atoms with E-state index in [2.05, 4.69) is 43.9 Å². The molecular weight excluding hydrogens is 228 g/mol. The molecular formula is C11H17ClSSi. The Bertz CT molecular complexity index is 268. The number of rotatable bonds is 4. The van der Waals surface area contributed by atoms with Crippen LogP contribution in [0.15, 0.2) is 35.2 Å². The third-order valence-corrected chi connectivity index (χ3v) is 8.48. The summed E-state index contributed by atoms with van der Waals surface area (Å²) in [6.45, 7) is 7.11. The van der Waals surface area contributed by atoms with Crippen LogP contribution in [0.4, 0.5) is 0 Å². The van der Waals surface area contributed by atoms with Crippen molar-refractivity contribution in [2.24, 2.45) is 0 Å². The molecule has 0 heterocycles. The first kappa shape index (κ1) is 12.1. The topological polar surface area (TPSA) is 0 Å². The molecule has 0 spiro atoms. The van der Waals surface area contributed by atoms with Crippen LogP contribution in [0.25, 0.3) is 0 Å². The van der Waals surface area contributed by atoms with Crippen molar-refractivity contribution in [1.29, 1.82) is 0 Å². The van der Waals surface area contributed by atoms with Gasteiger partial charge in [0.2, 0.25) is 0 Å². The van der Waals surface area contributed by atoms with E-state index in [1.54, 1.807) is 0 Å². The average Bonchev–Trinajstić information content (AvgIpc) is 2.14. The van der Waals surface area contributed by atoms with E-state index >= 15 is 0 Å². The number of alkyl halides is 1. The molecule has 0 amide bonds. The molecule has 14 heavy (non-hydrogen) atoms. The predicted octanol–water partition coefficient (Wildman–Crippen LogP) is 4.26. The number of hydrogen-bond donors (Lipinski definition) is 0. The van der Waals surface area contributed by atoms with Crippen molar-refractivity contribution < 1.29 is 0 Å². The zero-order valence-electron chi connectivity index (χ0n) is 8.96. The van der Waals surface area contributed by atoms with Crippen LogP contribution in [-0.4, -0.2) is 18.8 Å². The van der Waals surface area contributed by atoms with E-state index in [1.807, 2.05) is 17.8 Å². The fraction of sp³-hybridized carbons (Fsp3) is 0.455. The minimum Gasteiger partial charge on any atom is -0.126 e. The van der Waals surface area contributed by atoms with E-state index in [4.69, 9.17) is 11.6 Å². The number of halogens is 1. The second-order valence-electron chi connectivity index (χ2n) is 4.44. The lowest BCUT2D eigenvalue weighted by Gasteiger charge is -2.26. The average molecular weight is 245 g/mol. The molecule has 1 unspecified atom stereocenters. The van der Waals surface area contributed by atoms with Crippen LogP contribution in [0.3, 0.4) is 0 Å². The van der Waals surface area contributed by atoms with Gasteiger partial charge in [-0.05, 0) is 12.1 Å². The molecule has 1 atom stereocenters. The first-order chi connectivity index (χ1) is 6.54. The van der Waals surface area contributed by atoms with E-state index in [0.29, 0.717) is 4.87 Å². The summed E-state index contributed by atoms with van der Waals surface area (Å²) >= 11 is 7.94. The highest BCUT2D eigenvalue weighted by Crippen LogP contribution is 2.30. The highest BCUT2D eigenvalue weighted by atomic mass is 35.5. The molecule has 78 valence electrons. The lowest BCUT2D eigenvalue weighted by molar-refractivity contribution is 1.28. The molecule has 0 saturated carbocycles. The van der Waals surface area contributed by atoms with Crippen LogP contribution in [0, 0.1) is 0 Å². The molecule has 0 aliphatic carbocycles. The second-order valence-corrected chi connectivity index (χ2v) is 11.9. The normalized spacial score (nSPS) is 14.0. The van der Waals surface area contributed by atoms with Crippen LogP contribution in [0.5, 0.6) is 0 Å². The molecule has 0 N–H and O–H groups in total. The van der Waals surface area contributed by atoms with Crippen LogP contribution >= 0.6 is 23.4 Å². The largest absolute Gasteiger partial charge is 0.126 e. The molecule has 0 aromatic heterocycles. The second kappa shape index (κ2) is 5.24. The van der Waals surface area contributed by atoms with Crippen molar-refractivity contribution in [3.05, 3.63) is 30.3 Å². The quantitative estimate of drug-likeness (QED) is 0.433. The monoisotopic (exact) mass is 244 g/mol. The standard InChI is InChI=1S/C11H17ClSSi/c1-14(2,3)11(9-12)13-10-7-5-4-6-8-10/h4-8,11H,9H2,1-3H3. The van der Waals surface area contributed by atoms with Crippen LogP contribution in [0.2, 0.25) is 19.6 Å². The number of thioether (sulfide) groups is 1. The van der Waals surface area contributed by atoms with E-state index < -0.39 is 8.07 Å². The third kappa shape index (κ3) is 3.68. The number of hydrogen-bond acceptors (Lipinski definition) is 1. The molecule has 3 heteroatoms. The minimum absolute atomic E-state index is 0.603. The van der Waals surface area contributed by atoms with Gasteiger partial charge in [-0.3, -0.25) is 0 Å². The van der Waals surface area contributed by atoms with Gasteiger partial charge >= 0.3 is 0 Å². The van der Waals surface area contributed by atoms with Gasteiger partial charge in [-0.25, -0.2) is 0 Å². The van der Waals surface area contributed by atoms with Gasteiger partial charge in [-0.15, -0.1) is 23.4 Å². The summed E-state index contributed by atoms with van der Waals surface area (Å²) in [4.78, 5) is 1.94. The van der Waals surface area contributed by atoms with Crippen molar-refractivity contribution in [3.63, 3.8) is 0 Å². The Labute approximate surface area is 97.1 Å². The van der Waals surface area contributed by atoms with E-state index in [1.165, 1.54) is 4.90 Å². The lowest BCUT2D eigenvalue weighted by atomic mass is 10.4. The van der Waals surface area contributed by atoms with Gasteiger partial charge in [-0.2, -0.15) is 0 Å². The Morgan fingerprint density at radius 1 is 1.21 bits per heavy atom. The first-order valence-electron chi connectivity index (χ1n) is 4.81. The number of benzene rings is 1. The van der Waals surface area contributed by atoms with Crippen molar-refractivity contribution in [1.82, 2.24) is 0 Å². The van der Waals surface area contributed by atoms with Crippen LogP contribution < -0.4 is 0 Å². The molecule has 1 aromatic rings. The van der Waals surface area contributed by atoms with Crippen LogP contribution in [-0.2, 0) is 0 Å². The zero-order valence-corrected chi connectivity index (χ0v) is 11.5. The predicted molar refractivity (Wildman–Crippen MR) is 70.2 cm³/mol. The smallest absolute Gasteiger partial charge is 0.0607 e. The molecule has 0 saturated heterocycles. The van der Waals surface area contributed by atoms with Gasteiger partial charge in [0.15, 0.2) is 0 Å². The summed E-state index contributed by atoms with van der Waals surface area (Å²) in [5.41, 5.74) is 0. The van der Waals surface area contributed by atoms with Gasteiger partial charge in [0.25, 0.3) is 0 Å². The van der Waals surface area contributed by atoms with Crippen molar-refractivity contribution in [3.8, 4) is 0 Å². The maximum Gasteiger partial charge on any atom is 0.0607 e. The third-order valence-electron chi connectivity index (χ3n) is 2.13. The van der Waals surface area contributed by atoms with Gasteiger partial charge in [-0.1, -0.05) is 37.8 Å². The Morgan fingerprint density at radius 3 is 2.21 bits per heavy atom. The molecule has 0 aliphatic heterocycles. The summed E-state index contributed by atoms with van der Waals surface area (Å²) in [5.74, 6) is 0.759. The van der Waals surface area contributed by atoms with E-state index in [0.717, 1.165) is 5.88 Å². The van der Waals surface area contributed by atoms with Gasteiger partial charge in [0.05, 0.1) is 8.07 Å². The zero-order chi connectivity index (χ0) is 10.6. The van der Waals surface area contributed by atoms with Crippen molar-refractivity contribution >= 4 is 31.4 Å². The Balaban J connectivity index is 2.67. The minimum atomic E-state index is -1.14. The van der Waals surface area contributed by atoms with Gasteiger partial charge in [0, 0.05) is 15.6 Å². The molecule has 1 aromatic carbocycles. The lowest BCUT2D eigenvalue weighted by Crippen LogP contribution is -2.36. The van der Waals surface area contributed by atoms with Crippen molar-refractivity contribution in [2.45, 2.75) is 29.4 Å². The molecule has 0 radical (unpaired) electrons. The van der Waals surface area contributed by atoms with Gasteiger partial charge < -0.3 is 0 Å². The molecule has 0 bridgehead atoms. The molecule has 0 fully saturated rings. The molecule has 0 nitrogen and oxygen atoms in total. The van der Waals surface area contributed by atoms with E-state index in [9.17, 15) is 0 Å². The molecule has 1 rings (SSSR count). The Hall–Kier alpha value is 0.0769. The van der Waals surface area contributed by atoms with Crippen LogP contribution in [0.1, 0.15) is 0 Å². The maximum absolute atomic E-state index is 6.02. The summed E-state index contributed by atoms with van der Waals surface area (Å²) in [7, 11) is -1.14. The van der Waals surface area contributed by atoms with Gasteiger partial charge in [0.1, 0.15) is 0 Å². The summed E-state index contributed by atoms with van der Waals surface area (Å²) in [6.07, 6.45) is 0. The Morgan fingerprint density at radius 2 is 1.79 bits per heavy atom. The highest BCUT2D eigenvalue weighted by Gasteiger charge is 2.26. The highest BCUT2D eigenvalue weighted by molar-refractivity contribution is 8.01. The fourth-order valence-corrected chi connectivity index (χ4v) is 5.67. The molecule has 0 aliphatic rings. The maximum atomic E-state index is 6.02. The SMILES string of the molecule is C[Si](C)(C)C(CCl)Sc1ccccc1. The Kier molecular flexibility index (Phi) is 4.55. The summed E-state index contributed by atoms with van der Waals surface area (Å²) < 4.78 is 0.